The van der Waals surface area contributed by atoms with Gasteiger partial charge in [0.05, 0.1) is 20.2 Å². The summed E-state index contributed by atoms with van der Waals surface area (Å²) in [4.78, 5) is 0. The zero-order valence-corrected chi connectivity index (χ0v) is 8.40. The molecule has 3 nitrogen and oxygen atoms in total. The Morgan fingerprint density at radius 3 is 2.50 bits per heavy atom. The van der Waals surface area contributed by atoms with Crippen molar-refractivity contribution in [2.24, 2.45) is 0 Å². The topological polar surface area (TPSA) is 32.3 Å². The molecule has 0 amide bonds. The fourth-order valence-corrected chi connectivity index (χ4v) is 2.05. The zero-order valence-electron chi connectivity index (χ0n) is 8.40. The second kappa shape index (κ2) is 3.59. The predicted octanol–water partition coefficient (Wildman–Crippen LogP) is 2.29. The molecule has 1 aromatic rings. The fraction of sp³-hybridized carbons (Fsp3) is 0.455. The van der Waals surface area contributed by atoms with Crippen LogP contribution in [0.2, 0.25) is 0 Å². The molecular weight excluding hydrogens is 178 g/mol. The minimum atomic E-state index is -0.218. The molecule has 1 aliphatic heterocycles. The number of ether oxygens (including phenoxy) is 1. The molecule has 3 heteroatoms. The number of hydroxylamine groups is 2. The molecule has 0 unspecified atom stereocenters. The first-order valence-corrected chi connectivity index (χ1v) is 4.98. The number of methoxy groups -OCH3 is 1. The highest BCUT2D eigenvalue weighted by Crippen LogP contribution is 2.35. The molecule has 0 aliphatic carbocycles. The van der Waals surface area contributed by atoms with Gasteiger partial charge in [-0.15, -0.1) is 0 Å². The van der Waals surface area contributed by atoms with Crippen molar-refractivity contribution in [2.45, 2.75) is 12.8 Å². The predicted molar refractivity (Wildman–Crippen MR) is 57.1 cm³/mol. The van der Waals surface area contributed by atoms with Crippen LogP contribution in [0.15, 0.2) is 24.3 Å². The van der Waals surface area contributed by atoms with Gasteiger partial charge in [-0.2, -0.15) is 0 Å². The van der Waals surface area contributed by atoms with Crippen LogP contribution < -0.4 is 9.38 Å². The van der Waals surface area contributed by atoms with Gasteiger partial charge in [-0.3, -0.25) is 0 Å². The summed E-state index contributed by atoms with van der Waals surface area (Å²) in [6.07, 6.45) is 2.03. The zero-order chi connectivity index (χ0) is 10.0. The van der Waals surface area contributed by atoms with Gasteiger partial charge in [0, 0.05) is 18.9 Å². The summed E-state index contributed by atoms with van der Waals surface area (Å²) in [7, 11) is 1.61. The maximum atomic E-state index is 12.3. The standard InChI is InChI=1S/C11H15NO2/c1-14-11-7-3-2-6-10(11)12(13)8-4-5-9-12/h2-3,6-7H,4-5,8-9H2,1H3. The lowest BCUT2D eigenvalue weighted by Gasteiger charge is -2.38. The largest absolute Gasteiger partial charge is 0.627 e. The first kappa shape index (κ1) is 9.49. The molecule has 0 atom stereocenters. The number of hydrogen-bond acceptors (Lipinski definition) is 2. The molecule has 0 aromatic heterocycles. The van der Waals surface area contributed by atoms with Crippen LogP contribution in [0.25, 0.3) is 0 Å². The normalized spacial score (nSPS) is 19.6. The van der Waals surface area contributed by atoms with Crippen molar-refractivity contribution in [1.82, 2.24) is 4.65 Å². The fourth-order valence-electron chi connectivity index (χ4n) is 2.05. The van der Waals surface area contributed by atoms with Crippen LogP contribution in [-0.2, 0) is 0 Å². The Morgan fingerprint density at radius 2 is 1.86 bits per heavy atom. The number of nitrogens with zero attached hydrogens (tertiary/aromatic N) is 1. The van der Waals surface area contributed by atoms with Crippen LogP contribution in [-0.4, -0.2) is 20.2 Å². The first-order valence-electron chi connectivity index (χ1n) is 4.98. The monoisotopic (exact) mass is 193 g/mol. The molecule has 1 aliphatic rings. The van der Waals surface area contributed by atoms with Gasteiger partial charge in [0.25, 0.3) is 0 Å². The summed E-state index contributed by atoms with van der Waals surface area (Å²) in [6, 6.07) is 7.52. The highest BCUT2D eigenvalue weighted by molar-refractivity contribution is 5.56. The van der Waals surface area contributed by atoms with Crippen molar-refractivity contribution >= 4 is 5.69 Å². The highest BCUT2D eigenvalue weighted by Gasteiger charge is 2.28. The smallest absolute Gasteiger partial charge is 0.180 e. The summed E-state index contributed by atoms with van der Waals surface area (Å²) < 4.78 is 4.99. The average molecular weight is 193 g/mol. The van der Waals surface area contributed by atoms with E-state index < -0.39 is 0 Å². The van der Waals surface area contributed by atoms with Gasteiger partial charge in [-0.25, -0.2) is 0 Å². The lowest BCUT2D eigenvalue weighted by atomic mass is 10.2. The van der Waals surface area contributed by atoms with E-state index >= 15 is 0 Å². The molecule has 0 N–H and O–H groups in total. The molecule has 1 aromatic carbocycles. The molecule has 1 saturated heterocycles. The second-order valence-corrected chi connectivity index (χ2v) is 3.72. The Kier molecular flexibility index (Phi) is 2.44. The van der Waals surface area contributed by atoms with Crippen molar-refractivity contribution in [1.29, 1.82) is 0 Å². The molecule has 0 radical (unpaired) electrons. The summed E-state index contributed by atoms with van der Waals surface area (Å²) in [6.45, 7) is 1.36. The van der Waals surface area contributed by atoms with Crippen molar-refractivity contribution in [3.63, 3.8) is 0 Å². The molecule has 1 heterocycles. The van der Waals surface area contributed by atoms with E-state index in [-0.39, 0.29) is 4.65 Å². The van der Waals surface area contributed by atoms with Crippen LogP contribution in [0.5, 0.6) is 5.75 Å². The number of para-hydroxylation sites is 2. The quantitative estimate of drug-likeness (QED) is 0.533. The summed E-state index contributed by atoms with van der Waals surface area (Å²) in [5.41, 5.74) is 0.771. The summed E-state index contributed by atoms with van der Waals surface area (Å²) in [5, 5.41) is 12.3. The third-order valence-corrected chi connectivity index (χ3v) is 2.81. The highest BCUT2D eigenvalue weighted by atomic mass is 16.6. The molecule has 14 heavy (non-hydrogen) atoms. The van der Waals surface area contributed by atoms with E-state index in [4.69, 9.17) is 4.74 Å². The molecule has 0 bridgehead atoms. The van der Waals surface area contributed by atoms with Crippen LogP contribution in [0.3, 0.4) is 0 Å². The van der Waals surface area contributed by atoms with Gasteiger partial charge in [-0.05, 0) is 6.07 Å². The van der Waals surface area contributed by atoms with Crippen molar-refractivity contribution in [3.8, 4) is 5.75 Å². The van der Waals surface area contributed by atoms with Crippen molar-refractivity contribution in [3.05, 3.63) is 29.5 Å². The number of quaternary nitrogens is 1. The van der Waals surface area contributed by atoms with E-state index in [0.29, 0.717) is 18.8 Å². The maximum absolute atomic E-state index is 12.3. The van der Waals surface area contributed by atoms with Gasteiger partial charge in [-0.1, -0.05) is 12.1 Å². The maximum Gasteiger partial charge on any atom is 0.180 e. The Hall–Kier alpha value is -1.06. The van der Waals surface area contributed by atoms with E-state index in [1.165, 1.54) is 0 Å². The summed E-state index contributed by atoms with van der Waals surface area (Å²) >= 11 is 0. The van der Waals surface area contributed by atoms with Crippen LogP contribution >= 0.6 is 0 Å². The van der Waals surface area contributed by atoms with E-state index in [0.717, 1.165) is 18.5 Å². The lowest BCUT2D eigenvalue weighted by molar-refractivity contribution is 0.383. The Morgan fingerprint density at radius 1 is 1.21 bits per heavy atom. The SMILES string of the molecule is COc1ccccc1[N+]1([O-])CCCC1. The average Bonchev–Trinajstić information content (AvgIpc) is 2.66. The van der Waals surface area contributed by atoms with Crippen LogP contribution in [0.1, 0.15) is 12.8 Å². The van der Waals surface area contributed by atoms with Crippen molar-refractivity contribution < 1.29 is 4.74 Å². The Labute approximate surface area is 84.1 Å². The van der Waals surface area contributed by atoms with Gasteiger partial charge in [0.2, 0.25) is 0 Å². The molecular formula is C11H15NO2. The second-order valence-electron chi connectivity index (χ2n) is 3.72. The van der Waals surface area contributed by atoms with Gasteiger partial charge in [0.15, 0.2) is 11.4 Å². The number of rotatable bonds is 2. The summed E-state index contributed by atoms with van der Waals surface area (Å²) in [5.74, 6) is 0.712. The van der Waals surface area contributed by atoms with Crippen LogP contribution in [0, 0.1) is 5.21 Å². The third-order valence-electron chi connectivity index (χ3n) is 2.81. The molecule has 1 fully saturated rings. The molecule has 0 saturated carbocycles. The lowest BCUT2D eigenvalue weighted by Crippen LogP contribution is -2.39. The van der Waals surface area contributed by atoms with Crippen LogP contribution in [0.4, 0.5) is 5.69 Å². The number of benzene rings is 1. The van der Waals surface area contributed by atoms with E-state index in [9.17, 15) is 5.21 Å². The molecule has 2 rings (SSSR count). The first-order chi connectivity index (χ1) is 6.76. The van der Waals surface area contributed by atoms with Gasteiger partial charge < -0.3 is 14.6 Å². The van der Waals surface area contributed by atoms with E-state index in [1.807, 2.05) is 24.3 Å². The molecule has 76 valence electrons. The Bertz CT molecular complexity index is 319. The minimum absolute atomic E-state index is 0.218. The number of hydrogen-bond donors (Lipinski definition) is 0. The third kappa shape index (κ3) is 1.49. The van der Waals surface area contributed by atoms with Gasteiger partial charge >= 0.3 is 0 Å². The van der Waals surface area contributed by atoms with E-state index in [2.05, 4.69) is 0 Å². The van der Waals surface area contributed by atoms with Crippen molar-refractivity contribution in [2.75, 3.05) is 20.2 Å². The van der Waals surface area contributed by atoms with Gasteiger partial charge in [0.1, 0.15) is 0 Å². The minimum Gasteiger partial charge on any atom is -0.627 e. The molecule has 0 spiro atoms. The Balaban J connectivity index is 2.39. The van der Waals surface area contributed by atoms with E-state index in [1.54, 1.807) is 7.11 Å².